The van der Waals surface area contributed by atoms with Gasteiger partial charge in [-0.2, -0.15) is 0 Å². The molecule has 19 heavy (non-hydrogen) atoms. The van der Waals surface area contributed by atoms with Crippen LogP contribution in [-0.2, 0) is 15.1 Å². The predicted octanol–water partition coefficient (Wildman–Crippen LogP) is 1.62. The molecule has 0 saturated heterocycles. The van der Waals surface area contributed by atoms with Crippen LogP contribution < -0.4 is 4.74 Å². The van der Waals surface area contributed by atoms with Crippen LogP contribution in [-0.4, -0.2) is 35.0 Å². The van der Waals surface area contributed by atoms with Gasteiger partial charge in [-0.05, 0) is 19.9 Å². The van der Waals surface area contributed by atoms with Crippen LogP contribution in [0.4, 0.5) is 0 Å². The van der Waals surface area contributed by atoms with Gasteiger partial charge in [-0.15, -0.1) is 0 Å². The van der Waals surface area contributed by atoms with E-state index in [1.807, 2.05) is 0 Å². The van der Waals surface area contributed by atoms with Crippen LogP contribution in [0.15, 0.2) is 24.3 Å². The van der Waals surface area contributed by atoms with Gasteiger partial charge in [-0.1, -0.05) is 18.2 Å². The van der Waals surface area contributed by atoms with Crippen LogP contribution in [0.2, 0.25) is 0 Å². The Morgan fingerprint density at radius 2 is 2.16 bits per heavy atom. The van der Waals surface area contributed by atoms with E-state index in [1.165, 1.54) is 4.90 Å². The summed E-state index contributed by atoms with van der Waals surface area (Å²) in [5, 5.41) is 9.73. The Kier molecular flexibility index (Phi) is 3.46. The zero-order valence-corrected chi connectivity index (χ0v) is 11.0. The Balaban J connectivity index is 2.65. The van der Waals surface area contributed by atoms with Crippen LogP contribution in [0.25, 0.3) is 0 Å². The molecule has 1 atom stereocenters. The highest BCUT2D eigenvalue weighted by molar-refractivity contribution is 5.85. The molecule has 1 aliphatic rings. The number of rotatable bonds is 4. The van der Waals surface area contributed by atoms with Gasteiger partial charge in [0.1, 0.15) is 5.75 Å². The number of carbonyl (C=O) groups excluding carboxylic acids is 1. The summed E-state index contributed by atoms with van der Waals surface area (Å²) in [7, 11) is 0. The molecule has 102 valence electrons. The SMILES string of the molecule is CC(C)N(C=O)C1(C(=O)O)CCOc2ccccc21. The third-order valence-electron chi connectivity index (χ3n) is 3.52. The molecule has 5 nitrogen and oxygen atoms in total. The molecule has 1 amide bonds. The third-order valence-corrected chi connectivity index (χ3v) is 3.52. The molecular weight excluding hydrogens is 246 g/mol. The standard InChI is InChI=1S/C14H17NO4/c1-10(2)15(9-16)14(13(17)18)7-8-19-12-6-4-3-5-11(12)14/h3-6,9-10H,7-8H2,1-2H3,(H,17,18). The largest absolute Gasteiger partial charge is 0.493 e. The van der Waals surface area contributed by atoms with Crippen LogP contribution in [0, 0.1) is 0 Å². The van der Waals surface area contributed by atoms with Crippen molar-refractivity contribution in [3.63, 3.8) is 0 Å². The van der Waals surface area contributed by atoms with Crippen molar-refractivity contribution < 1.29 is 19.4 Å². The zero-order chi connectivity index (χ0) is 14.0. The number of nitrogens with zero attached hydrogens (tertiary/aromatic N) is 1. The van der Waals surface area contributed by atoms with Crippen LogP contribution >= 0.6 is 0 Å². The van der Waals surface area contributed by atoms with E-state index in [-0.39, 0.29) is 19.1 Å². The van der Waals surface area contributed by atoms with Gasteiger partial charge in [0.15, 0.2) is 5.54 Å². The normalized spacial score (nSPS) is 21.4. The predicted molar refractivity (Wildman–Crippen MR) is 68.9 cm³/mol. The van der Waals surface area contributed by atoms with Crippen molar-refractivity contribution in [1.29, 1.82) is 0 Å². The van der Waals surface area contributed by atoms with E-state index >= 15 is 0 Å². The lowest BCUT2D eigenvalue weighted by atomic mass is 9.82. The number of benzene rings is 1. The number of carboxylic acids is 1. The maximum atomic E-state index is 11.9. The summed E-state index contributed by atoms with van der Waals surface area (Å²) in [5.74, 6) is -0.493. The lowest BCUT2D eigenvalue weighted by Gasteiger charge is -2.43. The minimum absolute atomic E-state index is 0.209. The molecule has 0 aliphatic carbocycles. The fraction of sp³-hybridized carbons (Fsp3) is 0.429. The van der Waals surface area contributed by atoms with E-state index in [0.717, 1.165) is 0 Å². The molecule has 0 spiro atoms. The molecule has 1 aromatic rings. The summed E-state index contributed by atoms with van der Waals surface area (Å²) >= 11 is 0. The van der Waals surface area contributed by atoms with Crippen molar-refractivity contribution in [2.75, 3.05) is 6.61 Å². The van der Waals surface area contributed by atoms with Gasteiger partial charge in [0.05, 0.1) is 6.61 Å². The Bertz CT molecular complexity index is 500. The number of hydrogen-bond acceptors (Lipinski definition) is 3. The molecular formula is C14H17NO4. The average molecular weight is 263 g/mol. The van der Waals surface area contributed by atoms with Gasteiger partial charge >= 0.3 is 5.97 Å². The molecule has 1 heterocycles. The van der Waals surface area contributed by atoms with E-state index in [0.29, 0.717) is 17.7 Å². The summed E-state index contributed by atoms with van der Waals surface area (Å²) in [5.41, 5.74) is -0.806. The molecule has 5 heteroatoms. The molecule has 0 fully saturated rings. The summed E-state index contributed by atoms with van der Waals surface area (Å²) in [6.45, 7) is 3.88. The Morgan fingerprint density at radius 1 is 1.47 bits per heavy atom. The van der Waals surface area contributed by atoms with Crippen LogP contribution in [0.5, 0.6) is 5.75 Å². The molecule has 1 unspecified atom stereocenters. The lowest BCUT2D eigenvalue weighted by Crippen LogP contribution is -2.56. The number of para-hydroxylation sites is 1. The highest BCUT2D eigenvalue weighted by Crippen LogP contribution is 2.41. The smallest absolute Gasteiger partial charge is 0.334 e. The summed E-state index contributed by atoms with van der Waals surface area (Å²) in [4.78, 5) is 24.6. The molecule has 0 bridgehead atoms. The number of hydrogen-bond donors (Lipinski definition) is 1. The van der Waals surface area contributed by atoms with Crippen molar-refractivity contribution in [2.45, 2.75) is 31.8 Å². The number of carbonyl (C=O) groups is 2. The maximum Gasteiger partial charge on any atom is 0.334 e. The van der Waals surface area contributed by atoms with Gasteiger partial charge in [0.25, 0.3) is 0 Å². The van der Waals surface area contributed by atoms with E-state index in [1.54, 1.807) is 38.1 Å². The van der Waals surface area contributed by atoms with Crippen molar-refractivity contribution >= 4 is 12.4 Å². The summed E-state index contributed by atoms with van der Waals surface area (Å²) < 4.78 is 5.50. The zero-order valence-electron chi connectivity index (χ0n) is 11.0. The van der Waals surface area contributed by atoms with Gasteiger partial charge in [0, 0.05) is 18.0 Å². The molecule has 1 N–H and O–H groups in total. The van der Waals surface area contributed by atoms with Crippen LogP contribution in [0.1, 0.15) is 25.8 Å². The molecule has 1 aromatic carbocycles. The van der Waals surface area contributed by atoms with E-state index < -0.39 is 11.5 Å². The van der Waals surface area contributed by atoms with Crippen molar-refractivity contribution in [3.05, 3.63) is 29.8 Å². The van der Waals surface area contributed by atoms with E-state index in [2.05, 4.69) is 0 Å². The van der Waals surface area contributed by atoms with Crippen molar-refractivity contribution in [3.8, 4) is 5.75 Å². The first-order valence-electron chi connectivity index (χ1n) is 6.23. The fourth-order valence-corrected chi connectivity index (χ4v) is 2.63. The summed E-state index contributed by atoms with van der Waals surface area (Å²) in [6, 6.07) is 6.78. The minimum Gasteiger partial charge on any atom is -0.493 e. The van der Waals surface area contributed by atoms with Crippen LogP contribution in [0.3, 0.4) is 0 Å². The Morgan fingerprint density at radius 3 is 2.74 bits per heavy atom. The van der Waals surface area contributed by atoms with E-state index in [9.17, 15) is 14.7 Å². The van der Waals surface area contributed by atoms with E-state index in [4.69, 9.17) is 4.74 Å². The van der Waals surface area contributed by atoms with Gasteiger partial charge in [0.2, 0.25) is 6.41 Å². The van der Waals surface area contributed by atoms with Crippen molar-refractivity contribution in [2.24, 2.45) is 0 Å². The number of fused-ring (bicyclic) bond motifs is 1. The van der Waals surface area contributed by atoms with Crippen molar-refractivity contribution in [1.82, 2.24) is 4.90 Å². The highest BCUT2D eigenvalue weighted by atomic mass is 16.5. The van der Waals surface area contributed by atoms with Gasteiger partial charge in [-0.3, -0.25) is 4.79 Å². The second kappa shape index (κ2) is 4.91. The molecule has 0 radical (unpaired) electrons. The first-order valence-corrected chi connectivity index (χ1v) is 6.23. The third kappa shape index (κ3) is 1.95. The molecule has 0 aromatic heterocycles. The fourth-order valence-electron chi connectivity index (χ4n) is 2.63. The maximum absolute atomic E-state index is 11.9. The topological polar surface area (TPSA) is 66.8 Å². The second-order valence-electron chi connectivity index (χ2n) is 4.87. The molecule has 0 saturated carbocycles. The number of aliphatic carboxylic acids is 1. The monoisotopic (exact) mass is 263 g/mol. The highest BCUT2D eigenvalue weighted by Gasteiger charge is 2.50. The van der Waals surface area contributed by atoms with Gasteiger partial charge in [-0.25, -0.2) is 4.79 Å². The minimum atomic E-state index is -1.34. The second-order valence-corrected chi connectivity index (χ2v) is 4.87. The number of carboxylic acid groups (broad SMARTS) is 1. The van der Waals surface area contributed by atoms with Gasteiger partial charge < -0.3 is 14.7 Å². The first kappa shape index (κ1) is 13.4. The lowest BCUT2D eigenvalue weighted by molar-refractivity contribution is -0.160. The Hall–Kier alpha value is -2.04. The summed E-state index contributed by atoms with van der Waals surface area (Å²) in [6.07, 6.45) is 0.858. The number of ether oxygens (including phenoxy) is 1. The number of amides is 1. The first-order chi connectivity index (χ1) is 9.04. The Labute approximate surface area is 111 Å². The molecule has 1 aliphatic heterocycles. The molecule has 2 rings (SSSR count). The quantitative estimate of drug-likeness (QED) is 0.838. The average Bonchev–Trinajstić information content (AvgIpc) is 2.39.